The lowest BCUT2D eigenvalue weighted by atomic mass is 10.1. The number of aryl methyl sites for hydroxylation is 2. The van der Waals surface area contributed by atoms with Gasteiger partial charge in [-0.05, 0) is 68.2 Å². The van der Waals surface area contributed by atoms with Gasteiger partial charge in [0.25, 0.3) is 0 Å². The molecule has 1 aromatic heterocycles. The van der Waals surface area contributed by atoms with Crippen LogP contribution >= 0.6 is 24.0 Å². The normalized spacial score (nSPS) is 20.7. The van der Waals surface area contributed by atoms with Crippen molar-refractivity contribution in [2.45, 2.75) is 91.7 Å². The molecule has 0 spiro atoms. The van der Waals surface area contributed by atoms with Crippen molar-refractivity contribution in [3.8, 4) is 0 Å². The van der Waals surface area contributed by atoms with E-state index >= 15 is 0 Å². The van der Waals surface area contributed by atoms with Crippen LogP contribution in [0, 0.1) is 13.8 Å². The second kappa shape index (κ2) is 11.5. The monoisotopic (exact) mass is 565 g/mol. The first-order chi connectivity index (χ1) is 14.4. The highest BCUT2D eigenvalue weighted by Gasteiger charge is 2.49. The number of rotatable bonds is 6. The van der Waals surface area contributed by atoms with Gasteiger partial charge >= 0.3 is 6.09 Å². The first-order valence-corrected chi connectivity index (χ1v) is 10.9. The third-order valence-corrected chi connectivity index (χ3v) is 5.30. The minimum atomic E-state index is -0.751. The van der Waals surface area contributed by atoms with Crippen LogP contribution in [-0.4, -0.2) is 65.7 Å². The van der Waals surface area contributed by atoms with E-state index in [0.29, 0.717) is 12.5 Å². The standard InChI is InChI=1S/C22H39N5O4.HI/c1-14-17(15(2)31-26-14)11-10-12-24-19(23-9)25-13-18-16(3)29-22(7,8)27(18)20(28)30-21(4,5)6;/h16,18H,10-13H2,1-9H3,(H2,23,24,25);1H. The first kappa shape index (κ1) is 28.5. The van der Waals surface area contributed by atoms with E-state index in [1.165, 1.54) is 0 Å². The van der Waals surface area contributed by atoms with Gasteiger partial charge in [0.15, 0.2) is 5.96 Å². The summed E-state index contributed by atoms with van der Waals surface area (Å²) in [7, 11) is 1.73. The number of ether oxygens (including phenoxy) is 2. The molecule has 1 amide bonds. The number of hydrogen-bond donors (Lipinski definition) is 2. The number of halogens is 1. The molecule has 32 heavy (non-hydrogen) atoms. The van der Waals surface area contributed by atoms with Crippen molar-refractivity contribution >= 4 is 36.0 Å². The predicted octanol–water partition coefficient (Wildman–Crippen LogP) is 3.77. The average Bonchev–Trinajstić information content (AvgIpc) is 3.07. The molecule has 0 aliphatic carbocycles. The molecule has 2 heterocycles. The zero-order chi connectivity index (χ0) is 23.4. The lowest BCUT2D eigenvalue weighted by molar-refractivity contribution is -0.0755. The van der Waals surface area contributed by atoms with Gasteiger partial charge in [-0.3, -0.25) is 9.89 Å². The number of carbonyl (C=O) groups is 1. The van der Waals surface area contributed by atoms with Gasteiger partial charge in [-0.2, -0.15) is 0 Å². The van der Waals surface area contributed by atoms with Crippen molar-refractivity contribution in [2.75, 3.05) is 20.1 Å². The van der Waals surface area contributed by atoms with Gasteiger partial charge in [0, 0.05) is 25.7 Å². The maximum Gasteiger partial charge on any atom is 0.412 e. The van der Waals surface area contributed by atoms with Gasteiger partial charge in [-0.15, -0.1) is 24.0 Å². The van der Waals surface area contributed by atoms with Crippen LogP contribution in [0.5, 0.6) is 0 Å². The number of carbonyl (C=O) groups excluding carboxylic acids is 1. The number of nitrogens with zero attached hydrogens (tertiary/aromatic N) is 3. The van der Waals surface area contributed by atoms with Crippen LogP contribution < -0.4 is 10.6 Å². The summed E-state index contributed by atoms with van der Waals surface area (Å²) in [6.07, 6.45) is 1.28. The Morgan fingerprint density at radius 1 is 1.28 bits per heavy atom. The molecule has 2 rings (SSSR count). The highest BCUT2D eigenvalue weighted by molar-refractivity contribution is 14.0. The second-order valence-corrected chi connectivity index (χ2v) is 9.47. The number of aliphatic imine (C=N–C) groups is 1. The molecule has 184 valence electrons. The van der Waals surface area contributed by atoms with Crippen LogP contribution in [0.3, 0.4) is 0 Å². The number of nitrogens with one attached hydrogen (secondary N) is 2. The van der Waals surface area contributed by atoms with Crippen LogP contribution in [0.4, 0.5) is 4.79 Å². The van der Waals surface area contributed by atoms with E-state index in [2.05, 4.69) is 20.8 Å². The molecule has 0 radical (unpaired) electrons. The Morgan fingerprint density at radius 2 is 1.94 bits per heavy atom. The third kappa shape index (κ3) is 7.50. The zero-order valence-electron chi connectivity index (χ0n) is 20.9. The summed E-state index contributed by atoms with van der Waals surface area (Å²) in [5, 5.41) is 10.6. The van der Waals surface area contributed by atoms with Crippen LogP contribution in [0.15, 0.2) is 9.52 Å². The number of aromatic nitrogens is 1. The van der Waals surface area contributed by atoms with E-state index < -0.39 is 11.3 Å². The van der Waals surface area contributed by atoms with Gasteiger partial charge in [0.1, 0.15) is 17.1 Å². The Bertz CT molecular complexity index is 768. The quantitative estimate of drug-likeness (QED) is 0.235. The maximum atomic E-state index is 12.9. The summed E-state index contributed by atoms with van der Waals surface area (Å²) >= 11 is 0. The summed E-state index contributed by atoms with van der Waals surface area (Å²) in [6, 6.07) is -0.189. The SMILES string of the molecule is CN=C(NCCCc1c(C)noc1C)NCC1C(C)OC(C)(C)N1C(=O)OC(C)(C)C.I. The van der Waals surface area contributed by atoms with Gasteiger partial charge in [0.05, 0.1) is 17.8 Å². The van der Waals surface area contributed by atoms with E-state index in [1.54, 1.807) is 11.9 Å². The minimum Gasteiger partial charge on any atom is -0.444 e. The third-order valence-electron chi connectivity index (χ3n) is 5.30. The van der Waals surface area contributed by atoms with Gasteiger partial charge in [-0.1, -0.05) is 5.16 Å². The molecule has 1 aromatic rings. The topological polar surface area (TPSA) is 101 Å². The first-order valence-electron chi connectivity index (χ1n) is 10.9. The van der Waals surface area contributed by atoms with Crippen molar-refractivity contribution in [2.24, 2.45) is 4.99 Å². The van der Waals surface area contributed by atoms with Crippen molar-refractivity contribution in [1.82, 2.24) is 20.7 Å². The maximum absolute atomic E-state index is 12.9. The molecule has 2 unspecified atom stereocenters. The zero-order valence-corrected chi connectivity index (χ0v) is 23.2. The fourth-order valence-electron chi connectivity index (χ4n) is 3.88. The molecule has 0 saturated carbocycles. The lowest BCUT2D eigenvalue weighted by Crippen LogP contribution is -2.54. The van der Waals surface area contributed by atoms with Crippen molar-refractivity contribution in [1.29, 1.82) is 0 Å². The average molecular weight is 565 g/mol. The molecule has 1 aliphatic rings. The van der Waals surface area contributed by atoms with Crippen LogP contribution in [0.2, 0.25) is 0 Å². The molecule has 0 bridgehead atoms. The van der Waals surface area contributed by atoms with Gasteiger partial charge in [-0.25, -0.2) is 4.79 Å². The Morgan fingerprint density at radius 3 is 2.47 bits per heavy atom. The Labute approximate surface area is 209 Å². The molecule has 1 saturated heterocycles. The van der Waals surface area contributed by atoms with Crippen LogP contribution in [-0.2, 0) is 15.9 Å². The molecule has 0 aromatic carbocycles. The summed E-state index contributed by atoms with van der Waals surface area (Å²) in [4.78, 5) is 18.8. The summed E-state index contributed by atoms with van der Waals surface area (Å²) in [5.74, 6) is 1.56. The summed E-state index contributed by atoms with van der Waals surface area (Å²) in [6.45, 7) is 16.5. The van der Waals surface area contributed by atoms with E-state index in [0.717, 1.165) is 36.4 Å². The number of guanidine groups is 1. The summed E-state index contributed by atoms with van der Waals surface area (Å²) in [5.41, 5.74) is 0.784. The van der Waals surface area contributed by atoms with Gasteiger partial charge < -0.3 is 24.6 Å². The fourth-order valence-corrected chi connectivity index (χ4v) is 3.88. The number of amides is 1. The van der Waals surface area contributed by atoms with E-state index in [4.69, 9.17) is 14.0 Å². The molecule has 1 aliphatic heterocycles. The Kier molecular flexibility index (Phi) is 10.3. The van der Waals surface area contributed by atoms with E-state index in [-0.39, 0.29) is 42.2 Å². The fraction of sp³-hybridized carbons (Fsp3) is 0.773. The largest absolute Gasteiger partial charge is 0.444 e. The smallest absolute Gasteiger partial charge is 0.412 e. The minimum absolute atomic E-state index is 0. The van der Waals surface area contributed by atoms with Gasteiger partial charge in [0.2, 0.25) is 0 Å². The highest BCUT2D eigenvalue weighted by atomic mass is 127. The highest BCUT2D eigenvalue weighted by Crippen LogP contribution is 2.33. The van der Waals surface area contributed by atoms with Crippen molar-refractivity contribution < 1.29 is 18.8 Å². The lowest BCUT2D eigenvalue weighted by Gasteiger charge is -2.35. The molecular formula is C22H40IN5O4. The van der Waals surface area contributed by atoms with Crippen LogP contribution in [0.1, 0.15) is 65.0 Å². The van der Waals surface area contributed by atoms with E-state index in [9.17, 15) is 4.79 Å². The van der Waals surface area contributed by atoms with Crippen molar-refractivity contribution in [3.63, 3.8) is 0 Å². The molecule has 2 N–H and O–H groups in total. The van der Waals surface area contributed by atoms with E-state index in [1.807, 2.05) is 55.4 Å². The van der Waals surface area contributed by atoms with Crippen molar-refractivity contribution in [3.05, 3.63) is 17.0 Å². The molecule has 9 nitrogen and oxygen atoms in total. The molecular weight excluding hydrogens is 525 g/mol. The molecule has 2 atom stereocenters. The summed E-state index contributed by atoms with van der Waals surface area (Å²) < 4.78 is 16.9. The Hall–Kier alpha value is -1.56. The predicted molar refractivity (Wildman–Crippen MR) is 136 cm³/mol. The molecule has 10 heteroatoms. The number of hydrogen-bond acceptors (Lipinski definition) is 6. The molecule has 1 fully saturated rings. The Balaban J connectivity index is 0.00000512. The van der Waals surface area contributed by atoms with Crippen LogP contribution in [0.25, 0.3) is 0 Å². The second-order valence-electron chi connectivity index (χ2n) is 9.47.